The molecule has 118 valence electrons. The number of anilines is 1. The molecule has 0 amide bonds. The van der Waals surface area contributed by atoms with Gasteiger partial charge in [-0.05, 0) is 24.8 Å². The van der Waals surface area contributed by atoms with Crippen molar-refractivity contribution in [2.24, 2.45) is 11.7 Å². The van der Waals surface area contributed by atoms with E-state index in [4.69, 9.17) is 17.3 Å². The first-order valence-electron chi connectivity index (χ1n) is 6.97. The minimum Gasteiger partial charge on any atom is -0.362 e. The maximum absolute atomic E-state index is 12.6. The maximum Gasteiger partial charge on any atom is 0.417 e. The van der Waals surface area contributed by atoms with Gasteiger partial charge in [0.15, 0.2) is 0 Å². The van der Waals surface area contributed by atoms with Crippen LogP contribution in [0.15, 0.2) is 12.3 Å². The van der Waals surface area contributed by atoms with Gasteiger partial charge < -0.3 is 11.1 Å². The van der Waals surface area contributed by atoms with Gasteiger partial charge in [-0.15, -0.1) is 0 Å². The van der Waals surface area contributed by atoms with Crippen molar-refractivity contribution in [3.05, 3.63) is 22.8 Å². The van der Waals surface area contributed by atoms with Crippen molar-refractivity contribution >= 4 is 17.4 Å². The predicted octanol–water partition coefficient (Wildman–Crippen LogP) is 4.07. The Morgan fingerprint density at radius 3 is 2.76 bits per heavy atom. The van der Waals surface area contributed by atoms with Crippen molar-refractivity contribution in [2.75, 3.05) is 11.9 Å². The third-order valence-corrected chi connectivity index (χ3v) is 4.32. The van der Waals surface area contributed by atoms with Crippen molar-refractivity contribution in [1.82, 2.24) is 4.98 Å². The van der Waals surface area contributed by atoms with Gasteiger partial charge in [-0.1, -0.05) is 31.4 Å². The third-order valence-electron chi connectivity index (χ3n) is 4.03. The molecule has 1 fully saturated rings. The predicted molar refractivity (Wildman–Crippen MR) is 77.3 cm³/mol. The molecular formula is C14H19ClF3N3. The van der Waals surface area contributed by atoms with E-state index in [-0.39, 0.29) is 16.4 Å². The molecule has 2 rings (SSSR count). The number of nitrogens with one attached hydrogen (secondary N) is 1. The topological polar surface area (TPSA) is 50.9 Å². The van der Waals surface area contributed by atoms with Crippen LogP contribution >= 0.6 is 11.6 Å². The standard InChI is InChI=1S/C14H19ClF3N3/c1-9-3-2-4-13(6-9,8-19)21-12-11(15)5-10(7-20-12)14(16,17)18/h5,7,9H,2-4,6,8,19H2,1H3,(H,20,21). The highest BCUT2D eigenvalue weighted by Gasteiger charge is 2.35. The quantitative estimate of drug-likeness (QED) is 0.882. The zero-order chi connectivity index (χ0) is 15.7. The number of halogens is 4. The van der Waals surface area contributed by atoms with E-state index < -0.39 is 11.7 Å². The summed E-state index contributed by atoms with van der Waals surface area (Å²) in [5.41, 5.74) is 4.69. The summed E-state index contributed by atoms with van der Waals surface area (Å²) in [5.74, 6) is 0.784. The molecule has 0 aromatic carbocycles. The molecule has 0 bridgehead atoms. The van der Waals surface area contributed by atoms with E-state index >= 15 is 0 Å². The van der Waals surface area contributed by atoms with Crippen LogP contribution in [-0.2, 0) is 6.18 Å². The average molecular weight is 322 g/mol. The molecular weight excluding hydrogens is 303 g/mol. The monoisotopic (exact) mass is 321 g/mol. The lowest BCUT2D eigenvalue weighted by Crippen LogP contribution is -2.49. The van der Waals surface area contributed by atoms with Gasteiger partial charge in [-0.3, -0.25) is 0 Å². The van der Waals surface area contributed by atoms with E-state index in [1.165, 1.54) is 0 Å². The Morgan fingerprint density at radius 1 is 1.52 bits per heavy atom. The van der Waals surface area contributed by atoms with Crippen LogP contribution in [0.25, 0.3) is 0 Å². The molecule has 1 aliphatic rings. The van der Waals surface area contributed by atoms with Gasteiger partial charge in [0.2, 0.25) is 0 Å². The van der Waals surface area contributed by atoms with Crippen LogP contribution in [0.5, 0.6) is 0 Å². The van der Waals surface area contributed by atoms with Crippen molar-refractivity contribution in [2.45, 2.75) is 44.3 Å². The summed E-state index contributed by atoms with van der Waals surface area (Å²) in [6.45, 7) is 2.55. The van der Waals surface area contributed by atoms with Crippen LogP contribution in [-0.4, -0.2) is 17.1 Å². The zero-order valence-corrected chi connectivity index (χ0v) is 12.6. The molecule has 1 heterocycles. The molecule has 1 aliphatic carbocycles. The first-order chi connectivity index (χ1) is 9.76. The van der Waals surface area contributed by atoms with Crippen LogP contribution in [0.3, 0.4) is 0 Å². The Balaban J connectivity index is 2.22. The van der Waals surface area contributed by atoms with E-state index in [9.17, 15) is 13.2 Å². The Kier molecular flexibility index (Phi) is 4.68. The lowest BCUT2D eigenvalue weighted by atomic mass is 9.76. The summed E-state index contributed by atoms with van der Waals surface area (Å²) in [4.78, 5) is 3.84. The Hall–Kier alpha value is -1.01. The zero-order valence-electron chi connectivity index (χ0n) is 11.8. The second-order valence-corrected chi connectivity index (χ2v) is 6.27. The van der Waals surface area contributed by atoms with Gasteiger partial charge in [-0.25, -0.2) is 4.98 Å². The molecule has 0 spiro atoms. The molecule has 1 saturated carbocycles. The van der Waals surface area contributed by atoms with Crippen molar-refractivity contribution in [1.29, 1.82) is 0 Å². The smallest absolute Gasteiger partial charge is 0.362 e. The van der Waals surface area contributed by atoms with E-state index in [2.05, 4.69) is 17.2 Å². The maximum atomic E-state index is 12.6. The number of hydrogen-bond acceptors (Lipinski definition) is 3. The lowest BCUT2D eigenvalue weighted by molar-refractivity contribution is -0.137. The first kappa shape index (κ1) is 16.4. The molecule has 1 aromatic rings. The minimum atomic E-state index is -4.44. The minimum absolute atomic E-state index is 0.0316. The van der Waals surface area contributed by atoms with Gasteiger partial charge in [0.1, 0.15) is 5.82 Å². The molecule has 2 unspecified atom stereocenters. The third kappa shape index (κ3) is 3.80. The second kappa shape index (κ2) is 6.01. The van der Waals surface area contributed by atoms with E-state index in [1.807, 2.05) is 0 Å². The number of aromatic nitrogens is 1. The summed E-state index contributed by atoms with van der Waals surface area (Å²) in [6.07, 6.45) is 0.251. The van der Waals surface area contributed by atoms with E-state index in [0.29, 0.717) is 12.5 Å². The molecule has 0 saturated heterocycles. The van der Waals surface area contributed by atoms with Crippen LogP contribution < -0.4 is 11.1 Å². The van der Waals surface area contributed by atoms with Crippen LogP contribution in [0.4, 0.5) is 19.0 Å². The van der Waals surface area contributed by atoms with Crippen molar-refractivity contribution in [3.63, 3.8) is 0 Å². The van der Waals surface area contributed by atoms with Crippen LogP contribution in [0.2, 0.25) is 5.02 Å². The molecule has 3 N–H and O–H groups in total. The summed E-state index contributed by atoms with van der Waals surface area (Å²) in [5, 5.41) is 3.15. The van der Waals surface area contributed by atoms with Crippen molar-refractivity contribution < 1.29 is 13.2 Å². The largest absolute Gasteiger partial charge is 0.417 e. The van der Waals surface area contributed by atoms with Crippen LogP contribution in [0.1, 0.15) is 38.2 Å². The molecule has 0 aliphatic heterocycles. The molecule has 7 heteroatoms. The fourth-order valence-electron chi connectivity index (χ4n) is 2.95. The number of nitrogens with two attached hydrogens (primary N) is 1. The molecule has 1 aromatic heterocycles. The Bertz CT molecular complexity index is 507. The van der Waals surface area contributed by atoms with Crippen LogP contribution in [0, 0.1) is 5.92 Å². The number of alkyl halides is 3. The second-order valence-electron chi connectivity index (χ2n) is 5.86. The Labute approximate surface area is 127 Å². The molecule has 2 atom stereocenters. The number of nitrogens with zero attached hydrogens (tertiary/aromatic N) is 1. The Morgan fingerprint density at radius 2 is 2.24 bits per heavy atom. The summed E-state index contributed by atoms with van der Waals surface area (Å²) >= 11 is 5.94. The fourth-order valence-corrected chi connectivity index (χ4v) is 3.16. The summed E-state index contributed by atoms with van der Waals surface area (Å²) < 4.78 is 37.8. The van der Waals surface area contributed by atoms with Crippen molar-refractivity contribution in [3.8, 4) is 0 Å². The average Bonchev–Trinajstić information content (AvgIpc) is 2.40. The van der Waals surface area contributed by atoms with E-state index in [0.717, 1.165) is 37.9 Å². The summed E-state index contributed by atoms with van der Waals surface area (Å²) in [6, 6.07) is 0.896. The molecule has 21 heavy (non-hydrogen) atoms. The molecule has 3 nitrogen and oxygen atoms in total. The van der Waals surface area contributed by atoms with Gasteiger partial charge >= 0.3 is 6.18 Å². The lowest BCUT2D eigenvalue weighted by Gasteiger charge is -2.40. The van der Waals surface area contributed by atoms with Gasteiger partial charge in [0.05, 0.1) is 16.1 Å². The highest BCUT2D eigenvalue weighted by atomic mass is 35.5. The summed E-state index contributed by atoms with van der Waals surface area (Å²) in [7, 11) is 0. The first-order valence-corrected chi connectivity index (χ1v) is 7.34. The normalized spacial score (nSPS) is 26.7. The van der Waals surface area contributed by atoms with Gasteiger partial charge in [0.25, 0.3) is 0 Å². The highest BCUT2D eigenvalue weighted by molar-refractivity contribution is 6.33. The number of hydrogen-bond donors (Lipinski definition) is 2. The highest BCUT2D eigenvalue weighted by Crippen LogP contribution is 2.37. The van der Waals surface area contributed by atoms with Gasteiger partial charge in [0, 0.05) is 12.7 Å². The fraction of sp³-hybridized carbons (Fsp3) is 0.643. The van der Waals surface area contributed by atoms with E-state index in [1.54, 1.807) is 0 Å². The number of rotatable bonds is 3. The molecule has 0 radical (unpaired) electrons. The SMILES string of the molecule is CC1CCCC(CN)(Nc2ncc(C(F)(F)F)cc2Cl)C1. The number of pyridine rings is 1. The van der Waals surface area contributed by atoms with Gasteiger partial charge in [-0.2, -0.15) is 13.2 Å².